The first-order valence-corrected chi connectivity index (χ1v) is 13.0. The topological polar surface area (TPSA) is 49.4 Å². The largest absolute Gasteiger partial charge is 0.188 e. The normalized spacial score (nSPS) is 9.44. The molecule has 0 saturated carbocycles. The van der Waals surface area contributed by atoms with E-state index in [1.807, 2.05) is 109 Å². The highest BCUT2D eigenvalue weighted by Crippen LogP contribution is 2.18. The van der Waals surface area contributed by atoms with Crippen LogP contribution in [-0.4, -0.2) is 12.0 Å². The Labute approximate surface area is 230 Å². The van der Waals surface area contributed by atoms with Gasteiger partial charge in [0, 0.05) is 12.8 Å². The number of rotatable bonds is 8. The third kappa shape index (κ3) is 9.62. The Hall–Kier alpha value is -5.24. The Morgan fingerprint density at radius 1 is 0.410 bits per heavy atom. The Kier molecular flexibility index (Phi) is 10.8. The highest BCUT2D eigenvalue weighted by Gasteiger charge is 1.97. The Morgan fingerprint density at radius 3 is 1.28 bits per heavy atom. The first-order valence-electron chi connectivity index (χ1n) is 13.0. The van der Waals surface area contributed by atoms with Gasteiger partial charge in [-0.25, -0.2) is 0 Å². The van der Waals surface area contributed by atoms with Gasteiger partial charge in [0.1, 0.15) is 12.0 Å². The zero-order valence-corrected chi connectivity index (χ0v) is 21.7. The average Bonchev–Trinajstić information content (AvgIpc) is 2.99. The van der Waals surface area contributed by atoms with Gasteiger partial charge >= 0.3 is 0 Å². The van der Waals surface area contributed by atoms with Crippen LogP contribution in [0, 0.1) is 23.7 Å². The molecular formula is C35H28N4. The molecule has 4 aromatic carbocycles. The molecule has 4 nitrogen and oxygen atoms in total. The van der Waals surface area contributed by atoms with Crippen LogP contribution in [0.1, 0.15) is 43.2 Å². The predicted molar refractivity (Wildman–Crippen MR) is 161 cm³/mol. The fraction of sp³-hybridized carbons (Fsp3) is 0.143. The third-order valence-electron chi connectivity index (χ3n) is 5.57. The van der Waals surface area contributed by atoms with Crippen molar-refractivity contribution in [3.8, 4) is 23.7 Å². The van der Waals surface area contributed by atoms with Crippen molar-refractivity contribution in [1.82, 2.24) is 0 Å². The molecule has 0 bridgehead atoms. The van der Waals surface area contributed by atoms with Gasteiger partial charge in [-0.3, -0.25) is 0 Å². The third-order valence-corrected chi connectivity index (χ3v) is 5.57. The molecule has 0 radical (unpaired) electrons. The number of hydrogen-bond donors (Lipinski definition) is 0. The van der Waals surface area contributed by atoms with E-state index in [-0.39, 0.29) is 0 Å². The van der Waals surface area contributed by atoms with Crippen molar-refractivity contribution in [1.29, 1.82) is 0 Å². The molecular weight excluding hydrogens is 476 g/mol. The SMILES string of the molecule is C(=Nc1ccccc1)=Nc1ccccc1C#CCCCCCC#Cc1ccccc1N=C=Nc1ccccc1. The van der Waals surface area contributed by atoms with Gasteiger partial charge in [0.05, 0.1) is 33.9 Å². The first kappa shape index (κ1) is 26.8. The van der Waals surface area contributed by atoms with Gasteiger partial charge < -0.3 is 0 Å². The van der Waals surface area contributed by atoms with Crippen molar-refractivity contribution in [2.24, 2.45) is 20.0 Å². The molecule has 0 aromatic heterocycles. The van der Waals surface area contributed by atoms with Crippen molar-refractivity contribution in [3.05, 3.63) is 120 Å². The summed E-state index contributed by atoms with van der Waals surface area (Å²) in [5.41, 5.74) is 4.95. The van der Waals surface area contributed by atoms with Crippen LogP contribution in [0.5, 0.6) is 0 Å². The quantitative estimate of drug-likeness (QED) is 0.130. The number of unbranched alkanes of at least 4 members (excludes halogenated alkanes) is 4. The lowest BCUT2D eigenvalue weighted by Crippen LogP contribution is -1.79. The first-order chi connectivity index (χ1) is 19.4. The van der Waals surface area contributed by atoms with Crippen LogP contribution in [0.4, 0.5) is 22.7 Å². The summed E-state index contributed by atoms with van der Waals surface area (Å²) in [5, 5.41) is 0. The minimum Gasteiger partial charge on any atom is -0.188 e. The maximum Gasteiger partial charge on any atom is 0.101 e. The molecule has 0 aliphatic carbocycles. The minimum atomic E-state index is 0.774. The number of hydrogen-bond acceptors (Lipinski definition) is 4. The molecule has 4 rings (SSSR count). The molecule has 0 saturated heterocycles. The predicted octanol–water partition coefficient (Wildman–Crippen LogP) is 9.31. The van der Waals surface area contributed by atoms with Gasteiger partial charge in [-0.05, 0) is 61.4 Å². The fourth-order valence-corrected chi connectivity index (χ4v) is 3.55. The maximum atomic E-state index is 4.36. The minimum absolute atomic E-state index is 0.774. The van der Waals surface area contributed by atoms with Crippen LogP contribution in [0.3, 0.4) is 0 Å². The summed E-state index contributed by atoms with van der Waals surface area (Å²) < 4.78 is 0. The van der Waals surface area contributed by atoms with Gasteiger partial charge in [-0.2, -0.15) is 20.0 Å². The molecule has 39 heavy (non-hydrogen) atoms. The van der Waals surface area contributed by atoms with Gasteiger partial charge in [-0.15, -0.1) is 0 Å². The van der Waals surface area contributed by atoms with Crippen molar-refractivity contribution >= 4 is 34.8 Å². The van der Waals surface area contributed by atoms with E-state index in [0.717, 1.165) is 66.0 Å². The van der Waals surface area contributed by atoms with Crippen LogP contribution >= 0.6 is 0 Å². The molecule has 0 heterocycles. The van der Waals surface area contributed by atoms with E-state index < -0.39 is 0 Å². The maximum absolute atomic E-state index is 4.36. The van der Waals surface area contributed by atoms with Crippen LogP contribution in [0.2, 0.25) is 0 Å². The summed E-state index contributed by atoms with van der Waals surface area (Å²) in [6.45, 7) is 0. The molecule has 0 fully saturated rings. The second-order valence-corrected chi connectivity index (χ2v) is 8.52. The standard InChI is InChI=1S/C35H28N4/c1(2-4-8-18-30-20-14-16-26-34(30)38-28-36-32-22-10-6-11-23-32)3-5-9-19-31-21-15-17-27-35(31)39-29-37-33-24-12-7-13-25-33/h6-7,10-17,20-27H,1-5H2. The second-order valence-electron chi connectivity index (χ2n) is 8.52. The summed E-state index contributed by atoms with van der Waals surface area (Å²) in [6.07, 6.45) is 4.82. The lowest BCUT2D eigenvalue weighted by Gasteiger charge is -1.96. The molecule has 0 N–H and O–H groups in total. The van der Waals surface area contributed by atoms with Crippen LogP contribution in [0.15, 0.2) is 129 Å². The van der Waals surface area contributed by atoms with E-state index in [1.165, 1.54) is 0 Å². The lowest BCUT2D eigenvalue weighted by atomic mass is 10.1. The molecule has 0 amide bonds. The summed E-state index contributed by atoms with van der Waals surface area (Å²) in [5.74, 6) is 13.0. The monoisotopic (exact) mass is 504 g/mol. The summed E-state index contributed by atoms with van der Waals surface area (Å²) in [7, 11) is 0. The number of benzene rings is 4. The molecule has 188 valence electrons. The van der Waals surface area contributed by atoms with Crippen molar-refractivity contribution in [3.63, 3.8) is 0 Å². The van der Waals surface area contributed by atoms with E-state index in [9.17, 15) is 0 Å². The van der Waals surface area contributed by atoms with Crippen LogP contribution in [0.25, 0.3) is 0 Å². The van der Waals surface area contributed by atoms with E-state index in [0.29, 0.717) is 0 Å². The lowest BCUT2D eigenvalue weighted by molar-refractivity contribution is 0.709. The van der Waals surface area contributed by atoms with Crippen molar-refractivity contribution in [2.45, 2.75) is 32.1 Å². The van der Waals surface area contributed by atoms with Crippen LogP contribution < -0.4 is 0 Å². The molecule has 0 atom stereocenters. The Bertz CT molecular complexity index is 1480. The summed E-state index contributed by atoms with van der Waals surface area (Å²) >= 11 is 0. The Balaban J connectivity index is 1.23. The molecule has 4 aromatic rings. The zero-order chi connectivity index (χ0) is 26.8. The highest BCUT2D eigenvalue weighted by molar-refractivity contribution is 5.64. The molecule has 0 aliphatic rings. The highest BCUT2D eigenvalue weighted by atomic mass is 14.8. The van der Waals surface area contributed by atoms with E-state index >= 15 is 0 Å². The Morgan fingerprint density at radius 2 is 0.821 bits per heavy atom. The van der Waals surface area contributed by atoms with E-state index in [4.69, 9.17) is 0 Å². The van der Waals surface area contributed by atoms with Gasteiger partial charge in [0.2, 0.25) is 0 Å². The summed E-state index contributed by atoms with van der Waals surface area (Å²) in [6, 6.07) is 40.5. The van der Waals surface area contributed by atoms with Crippen molar-refractivity contribution < 1.29 is 0 Å². The number of para-hydroxylation sites is 4. The van der Waals surface area contributed by atoms with Gasteiger partial charge in [0.25, 0.3) is 0 Å². The van der Waals surface area contributed by atoms with Crippen LogP contribution in [-0.2, 0) is 0 Å². The van der Waals surface area contributed by atoms with Gasteiger partial charge in [-0.1, -0.05) is 90.8 Å². The zero-order valence-electron chi connectivity index (χ0n) is 21.7. The van der Waals surface area contributed by atoms with Gasteiger partial charge in [0.15, 0.2) is 0 Å². The smallest absolute Gasteiger partial charge is 0.101 e. The molecule has 0 spiro atoms. The molecule has 0 aliphatic heterocycles. The average molecular weight is 505 g/mol. The van der Waals surface area contributed by atoms with E-state index in [2.05, 4.69) is 55.7 Å². The molecule has 4 heteroatoms. The molecule has 0 unspecified atom stereocenters. The fourth-order valence-electron chi connectivity index (χ4n) is 3.55. The summed E-state index contributed by atoms with van der Waals surface area (Å²) in [4.78, 5) is 17.2. The second kappa shape index (κ2) is 15.8. The number of nitrogens with zero attached hydrogens (tertiary/aromatic N) is 4. The number of aliphatic imine (C=N–C) groups is 4. The van der Waals surface area contributed by atoms with Crippen molar-refractivity contribution in [2.75, 3.05) is 0 Å². The van der Waals surface area contributed by atoms with E-state index in [1.54, 1.807) is 0 Å².